The van der Waals surface area contributed by atoms with Gasteiger partial charge in [-0.1, -0.05) is 145 Å². The van der Waals surface area contributed by atoms with E-state index in [-0.39, 0.29) is 10.8 Å². The van der Waals surface area contributed by atoms with E-state index in [1.807, 2.05) is 42.5 Å². The molecular weight excluding hydrogens is 796 g/mol. The molecule has 0 atom stereocenters. The van der Waals surface area contributed by atoms with E-state index in [9.17, 15) is 0 Å². The van der Waals surface area contributed by atoms with Gasteiger partial charge in [-0.05, 0) is 92.7 Å². The fraction of sp³-hybridized carbons (Fsp3) is 0.143. The number of hydrogen-bond acceptors (Lipinski definition) is 6. The van der Waals surface area contributed by atoms with Crippen molar-refractivity contribution in [2.45, 2.75) is 52.4 Å². The van der Waals surface area contributed by atoms with E-state index in [1.165, 1.54) is 0 Å². The van der Waals surface area contributed by atoms with Gasteiger partial charge in [0.05, 0.1) is 38.7 Å². The second kappa shape index (κ2) is 12.3. The highest BCUT2D eigenvalue weighted by Crippen LogP contribution is 2.73. The smallest absolute Gasteiger partial charge is 0.186 e. The van der Waals surface area contributed by atoms with Crippen molar-refractivity contribution in [1.82, 2.24) is 0 Å². The summed E-state index contributed by atoms with van der Waals surface area (Å²) in [5.74, 6) is 3.94. The van der Waals surface area contributed by atoms with Crippen LogP contribution in [0.4, 0.5) is 34.1 Å². The summed E-state index contributed by atoms with van der Waals surface area (Å²) in [6, 6.07) is 52.8. The molecule has 0 aliphatic carbocycles. The number of benzene rings is 8. The van der Waals surface area contributed by atoms with Crippen LogP contribution < -0.4 is 39.9 Å². The van der Waals surface area contributed by atoms with Crippen LogP contribution in [-0.2, 0) is 15.4 Å². The molecule has 306 valence electrons. The molecule has 0 spiro atoms. The minimum absolute atomic E-state index is 0.123. The van der Waals surface area contributed by atoms with Crippen LogP contribution in [0.2, 0.25) is 0 Å². The molecule has 0 bridgehead atoms. The topological polar surface area (TPSA) is 51.2 Å². The van der Waals surface area contributed by atoms with Crippen LogP contribution in [0.5, 0.6) is 34.5 Å². The van der Waals surface area contributed by atoms with Crippen LogP contribution in [0, 0.1) is 0 Å². The monoisotopic (exact) mass is 838 g/mol. The van der Waals surface area contributed by atoms with Crippen molar-refractivity contribution < 1.29 is 18.8 Å². The molecular formula is C56H43N2O4P. The van der Waals surface area contributed by atoms with Gasteiger partial charge in [-0.15, -0.1) is 0 Å². The number of rotatable bonds is 3. The van der Waals surface area contributed by atoms with Gasteiger partial charge in [0.15, 0.2) is 30.1 Å². The first-order valence-corrected chi connectivity index (χ1v) is 23.4. The molecule has 5 heterocycles. The molecule has 8 aromatic carbocycles. The van der Waals surface area contributed by atoms with Crippen molar-refractivity contribution in [2.24, 2.45) is 0 Å². The number of hydrogen-bond donors (Lipinski definition) is 0. The minimum atomic E-state index is -3.77. The van der Waals surface area contributed by atoms with Gasteiger partial charge in [0, 0.05) is 11.1 Å². The maximum absolute atomic E-state index is 17.6. The Balaban J connectivity index is 1.21. The Morgan fingerprint density at radius 1 is 0.397 bits per heavy atom. The Kier molecular flexibility index (Phi) is 7.17. The van der Waals surface area contributed by atoms with Crippen molar-refractivity contribution in [3.63, 3.8) is 0 Å². The summed E-state index contributed by atoms with van der Waals surface area (Å²) < 4.78 is 39.2. The van der Waals surface area contributed by atoms with E-state index in [4.69, 9.17) is 14.2 Å². The highest BCUT2D eigenvalue weighted by Gasteiger charge is 2.58. The van der Waals surface area contributed by atoms with Gasteiger partial charge >= 0.3 is 0 Å². The third kappa shape index (κ3) is 4.93. The maximum Gasteiger partial charge on any atom is 0.186 e. The van der Waals surface area contributed by atoms with E-state index >= 15 is 4.57 Å². The van der Waals surface area contributed by atoms with Gasteiger partial charge in [-0.3, -0.25) is 0 Å². The van der Waals surface area contributed by atoms with Gasteiger partial charge in [-0.2, -0.15) is 0 Å². The first-order chi connectivity index (χ1) is 30.4. The number of ether oxygens (including phenoxy) is 3. The molecule has 0 saturated carbocycles. The molecule has 8 aromatic rings. The summed E-state index contributed by atoms with van der Waals surface area (Å²) in [5.41, 5.74) is 12.8. The Morgan fingerprint density at radius 2 is 0.810 bits per heavy atom. The number of anilines is 6. The molecule has 5 aliphatic rings. The predicted octanol–water partition coefficient (Wildman–Crippen LogP) is 14.8. The van der Waals surface area contributed by atoms with Crippen molar-refractivity contribution in [2.75, 3.05) is 9.80 Å². The van der Waals surface area contributed by atoms with Crippen molar-refractivity contribution in [1.29, 1.82) is 0 Å². The molecule has 0 amide bonds. The largest absolute Gasteiger partial charge is 0.456 e. The standard InChI is InChI=1S/C56H43N2O4P/c1-55(2,3)36-22-24-40-44(28-36)61-50-38(33-18-12-8-13-19-33)30-46-53-48(50)57(40)42-26-35(32-16-10-7-11-17-32)27-43-52(42)63(53,59)54-47(60-46)31-39(34-20-14-9-15-21-34)51-49(54)58(43)41-25-23-37(56(4,5)6)29-45(41)62-51/h7-31H,1-6H3. The molecule has 5 aliphatic heterocycles. The fourth-order valence-electron chi connectivity index (χ4n) is 10.3. The zero-order valence-corrected chi connectivity index (χ0v) is 36.8. The second-order valence-corrected chi connectivity index (χ2v) is 21.9. The molecule has 0 saturated heterocycles. The molecule has 63 heavy (non-hydrogen) atoms. The molecule has 0 radical (unpaired) electrons. The maximum atomic E-state index is 17.6. The van der Waals surface area contributed by atoms with Gasteiger partial charge in [0.25, 0.3) is 0 Å². The summed E-state index contributed by atoms with van der Waals surface area (Å²) in [6.07, 6.45) is 0. The van der Waals surface area contributed by atoms with Crippen molar-refractivity contribution >= 4 is 57.2 Å². The third-order valence-electron chi connectivity index (χ3n) is 13.4. The van der Waals surface area contributed by atoms with Gasteiger partial charge in [0.1, 0.15) is 22.9 Å². The first-order valence-electron chi connectivity index (χ1n) is 21.7. The summed E-state index contributed by atoms with van der Waals surface area (Å²) >= 11 is 0. The molecule has 13 rings (SSSR count). The van der Waals surface area contributed by atoms with Gasteiger partial charge in [-0.25, -0.2) is 0 Å². The Hall–Kier alpha value is -7.01. The minimum Gasteiger partial charge on any atom is -0.456 e. The van der Waals surface area contributed by atoms with Crippen LogP contribution in [0.3, 0.4) is 0 Å². The molecule has 6 nitrogen and oxygen atoms in total. The summed E-state index contributed by atoms with van der Waals surface area (Å²) in [6.45, 7) is 13.3. The fourth-order valence-corrected chi connectivity index (χ4v) is 13.7. The second-order valence-electron chi connectivity index (χ2n) is 19.3. The molecule has 0 N–H and O–H groups in total. The zero-order chi connectivity index (χ0) is 42.7. The lowest BCUT2D eigenvalue weighted by Crippen LogP contribution is -2.46. The normalized spacial score (nSPS) is 15.0. The first kappa shape index (κ1) is 36.6. The van der Waals surface area contributed by atoms with Crippen LogP contribution in [-0.4, -0.2) is 0 Å². The average molecular weight is 839 g/mol. The summed E-state index contributed by atoms with van der Waals surface area (Å²) in [5, 5.41) is 2.09. The van der Waals surface area contributed by atoms with Gasteiger partial charge < -0.3 is 28.6 Å². The van der Waals surface area contributed by atoms with E-state index in [2.05, 4.69) is 161 Å². The van der Waals surface area contributed by atoms with E-state index < -0.39 is 7.14 Å². The molecule has 0 fully saturated rings. The molecule has 7 heteroatoms. The average Bonchev–Trinajstić information content (AvgIpc) is 3.28. The van der Waals surface area contributed by atoms with E-state index in [0.717, 1.165) is 95.4 Å². The van der Waals surface area contributed by atoms with Crippen LogP contribution in [0.1, 0.15) is 52.7 Å². The highest BCUT2D eigenvalue weighted by atomic mass is 31.2. The third-order valence-corrected chi connectivity index (χ3v) is 16.6. The SMILES string of the molecule is CC(C)(C)c1ccc2c(c1)Oc1c(-c3ccccc3)cc3c4c1N2c1cc(-c2ccccc2)cc2c1P4(=O)c1c(cc(-c4ccccc4)c4c1N2c1ccc(C(C)(C)C)cc1O4)O3. The van der Waals surface area contributed by atoms with Crippen molar-refractivity contribution in [3.05, 3.63) is 163 Å². The summed E-state index contributed by atoms with van der Waals surface area (Å²) in [7, 11) is -3.77. The van der Waals surface area contributed by atoms with Crippen LogP contribution in [0.15, 0.2) is 152 Å². The number of fused-ring (bicyclic) bond motifs is 6. The Bertz CT molecular complexity index is 3170. The van der Waals surface area contributed by atoms with Gasteiger partial charge in [0.2, 0.25) is 0 Å². The molecule has 0 aromatic heterocycles. The van der Waals surface area contributed by atoms with Crippen molar-refractivity contribution in [3.8, 4) is 67.9 Å². The summed E-state index contributed by atoms with van der Waals surface area (Å²) in [4.78, 5) is 4.63. The number of nitrogens with zero attached hydrogens (tertiary/aromatic N) is 2. The Labute approximate surface area is 367 Å². The zero-order valence-electron chi connectivity index (χ0n) is 35.9. The molecule has 0 unspecified atom stereocenters. The Morgan fingerprint density at radius 3 is 1.22 bits per heavy atom. The lowest BCUT2D eigenvalue weighted by Gasteiger charge is -2.50. The van der Waals surface area contributed by atoms with Crippen LogP contribution in [0.25, 0.3) is 33.4 Å². The lowest BCUT2D eigenvalue weighted by atomic mass is 9.86. The quantitative estimate of drug-likeness (QED) is 0.165. The van der Waals surface area contributed by atoms with E-state index in [0.29, 0.717) is 33.6 Å². The lowest BCUT2D eigenvalue weighted by molar-refractivity contribution is 0.461. The van der Waals surface area contributed by atoms with Crippen LogP contribution >= 0.6 is 7.14 Å². The van der Waals surface area contributed by atoms with E-state index in [1.54, 1.807) is 0 Å². The highest BCUT2D eigenvalue weighted by molar-refractivity contribution is 7.87. The predicted molar refractivity (Wildman–Crippen MR) is 256 cm³/mol.